The molecular formula is C45H53NO16S4. The van der Waals surface area contributed by atoms with Crippen molar-refractivity contribution in [3.05, 3.63) is 113 Å². The molecule has 1 aliphatic rings. The van der Waals surface area contributed by atoms with Crippen LogP contribution in [0.5, 0.6) is 0 Å². The number of methoxy groups -OCH3 is 2. The predicted molar refractivity (Wildman–Crippen MR) is 249 cm³/mol. The molecule has 4 aromatic rings. The highest BCUT2D eigenvalue weighted by molar-refractivity contribution is 7.87. The number of fused-ring (bicyclic) bond motifs is 4. The fourth-order valence-electron chi connectivity index (χ4n) is 8.78. The predicted octanol–water partition coefficient (Wildman–Crippen LogP) is 7.59. The van der Waals surface area contributed by atoms with Crippen LogP contribution < -0.4 is 4.90 Å². The van der Waals surface area contributed by atoms with Crippen molar-refractivity contribution in [2.75, 3.05) is 38.9 Å². The standard InChI is InChI=1S/C45H53NO16S4/c1-29-16-17-33-35(25-31(63(49,50)51)27-38(33)65(55,56)57)42(29)44(3,20-23-61-5)30(2)13-9-7-10-14-40-45(4,21-24-62-6)43-36-26-32(64(52,53)54)28-39(66(58,59)60)34(36)18-19-37(43)46(40)22-12-8-11-15-41(47)48/h7,9-10,13-14,16-19,25-28H,2,8,11-12,15,20-24H2,1,3-6H3,(H,47,48)(H,49,50,51)(H,52,53,54)(H,55,56,57)(H,58,59,60)/b10-7+,13-9+,40-14+. The molecule has 0 spiro atoms. The van der Waals surface area contributed by atoms with Crippen molar-refractivity contribution < 1.29 is 71.3 Å². The van der Waals surface area contributed by atoms with Crippen LogP contribution in [-0.2, 0) is 65.6 Å². The minimum absolute atomic E-state index is 0.00769. The highest BCUT2D eigenvalue weighted by atomic mass is 32.2. The largest absolute Gasteiger partial charge is 0.481 e. The van der Waals surface area contributed by atoms with Gasteiger partial charge in [0, 0.05) is 73.4 Å². The van der Waals surface area contributed by atoms with Crippen LogP contribution in [0.3, 0.4) is 0 Å². The maximum atomic E-state index is 12.7. The van der Waals surface area contributed by atoms with Crippen LogP contribution in [0.25, 0.3) is 21.5 Å². The Morgan fingerprint density at radius 3 is 1.85 bits per heavy atom. The smallest absolute Gasteiger partial charge is 0.303 e. The molecule has 2 unspecified atom stereocenters. The number of anilines is 1. The van der Waals surface area contributed by atoms with E-state index in [4.69, 9.17) is 9.47 Å². The van der Waals surface area contributed by atoms with Gasteiger partial charge in [-0.3, -0.25) is 23.0 Å². The molecule has 1 aliphatic heterocycles. The van der Waals surface area contributed by atoms with Gasteiger partial charge in [-0.05, 0) is 109 Å². The topological polar surface area (TPSA) is 276 Å². The third kappa shape index (κ3) is 11.0. The van der Waals surface area contributed by atoms with Gasteiger partial charge in [-0.2, -0.15) is 33.7 Å². The molecule has 0 saturated carbocycles. The summed E-state index contributed by atoms with van der Waals surface area (Å²) < 4.78 is 152. The van der Waals surface area contributed by atoms with Crippen LogP contribution in [0.1, 0.15) is 69.1 Å². The van der Waals surface area contributed by atoms with E-state index in [9.17, 15) is 61.8 Å². The van der Waals surface area contributed by atoms with Gasteiger partial charge < -0.3 is 19.5 Å². The zero-order valence-corrected chi connectivity index (χ0v) is 40.1. The number of aliphatic carboxylic acids is 1. The molecule has 2 atom stereocenters. The van der Waals surface area contributed by atoms with E-state index in [2.05, 4.69) is 6.58 Å². The van der Waals surface area contributed by atoms with Crippen molar-refractivity contribution in [2.24, 2.45) is 0 Å². The van der Waals surface area contributed by atoms with Gasteiger partial charge in [0.15, 0.2) is 0 Å². The van der Waals surface area contributed by atoms with Crippen LogP contribution >= 0.6 is 0 Å². The van der Waals surface area contributed by atoms with Gasteiger partial charge in [0.05, 0.1) is 9.79 Å². The Balaban J connectivity index is 1.67. The summed E-state index contributed by atoms with van der Waals surface area (Å²) in [5, 5.41) is 9.50. The summed E-state index contributed by atoms with van der Waals surface area (Å²) in [6, 6.07) is 9.84. The van der Waals surface area contributed by atoms with Gasteiger partial charge in [0.25, 0.3) is 40.5 Å². The first-order chi connectivity index (χ1) is 30.6. The van der Waals surface area contributed by atoms with E-state index in [0.29, 0.717) is 71.6 Å². The Bertz CT molecular complexity index is 3140. The monoisotopic (exact) mass is 991 g/mol. The summed E-state index contributed by atoms with van der Waals surface area (Å²) in [6.07, 6.45) is 10.6. The van der Waals surface area contributed by atoms with Gasteiger partial charge in [-0.15, -0.1) is 0 Å². The van der Waals surface area contributed by atoms with Gasteiger partial charge >= 0.3 is 5.97 Å². The molecule has 17 nitrogen and oxygen atoms in total. The first kappa shape index (κ1) is 52.2. The third-order valence-corrected chi connectivity index (χ3v) is 15.5. The van der Waals surface area contributed by atoms with E-state index in [-0.39, 0.29) is 54.0 Å². The number of benzene rings is 4. The molecule has 0 amide bonds. The number of hydrogen-bond donors (Lipinski definition) is 5. The number of carbonyl (C=O) groups is 1. The number of rotatable bonds is 21. The normalized spacial score (nSPS) is 17.7. The van der Waals surface area contributed by atoms with Crippen molar-refractivity contribution in [3.63, 3.8) is 0 Å². The quantitative estimate of drug-likeness (QED) is 0.0305. The van der Waals surface area contributed by atoms with Gasteiger partial charge in [0.1, 0.15) is 9.79 Å². The number of ether oxygens (including phenoxy) is 2. The average Bonchev–Trinajstić information content (AvgIpc) is 3.45. The van der Waals surface area contributed by atoms with E-state index in [0.717, 1.165) is 12.1 Å². The molecular weight excluding hydrogens is 939 g/mol. The lowest BCUT2D eigenvalue weighted by atomic mass is 9.70. The van der Waals surface area contributed by atoms with Crippen molar-refractivity contribution >= 4 is 73.7 Å². The van der Waals surface area contributed by atoms with Crippen LogP contribution in [-0.4, -0.2) is 96.9 Å². The minimum atomic E-state index is -5.01. The van der Waals surface area contributed by atoms with E-state index in [1.165, 1.54) is 26.4 Å². The van der Waals surface area contributed by atoms with Crippen LogP contribution in [0, 0.1) is 6.92 Å². The Kier molecular flexibility index (Phi) is 15.7. The van der Waals surface area contributed by atoms with Crippen LogP contribution in [0.4, 0.5) is 5.69 Å². The number of hydrogen-bond acceptors (Lipinski definition) is 12. The Morgan fingerprint density at radius 2 is 1.30 bits per heavy atom. The zero-order valence-electron chi connectivity index (χ0n) is 36.9. The second-order valence-electron chi connectivity index (χ2n) is 16.5. The molecule has 5 N–H and O–H groups in total. The summed E-state index contributed by atoms with van der Waals surface area (Å²) in [6.45, 7) is 10.5. The Hall–Kier alpha value is -4.81. The highest BCUT2D eigenvalue weighted by Gasteiger charge is 2.45. The lowest BCUT2D eigenvalue weighted by Crippen LogP contribution is -2.30. The van der Waals surface area contributed by atoms with E-state index < -0.39 is 76.9 Å². The summed E-state index contributed by atoms with van der Waals surface area (Å²) in [5.74, 6) is -0.935. The van der Waals surface area contributed by atoms with Gasteiger partial charge in [0.2, 0.25) is 0 Å². The fourth-order valence-corrected chi connectivity index (χ4v) is 11.5. The summed E-state index contributed by atoms with van der Waals surface area (Å²) in [5.41, 5.74) is 1.22. The van der Waals surface area contributed by atoms with Crippen LogP contribution in [0.2, 0.25) is 0 Å². The fraction of sp³-hybridized carbons (Fsp3) is 0.356. The highest BCUT2D eigenvalue weighted by Crippen LogP contribution is 2.54. The molecule has 21 heteroatoms. The lowest BCUT2D eigenvalue weighted by Gasteiger charge is -2.34. The number of carboxylic acid groups (broad SMARTS) is 1. The second kappa shape index (κ2) is 19.8. The molecule has 0 aliphatic carbocycles. The molecule has 0 bridgehead atoms. The van der Waals surface area contributed by atoms with E-state index >= 15 is 0 Å². The maximum absolute atomic E-state index is 12.7. The number of unbranched alkanes of at least 4 members (excludes halogenated alkanes) is 2. The Morgan fingerprint density at radius 1 is 0.742 bits per heavy atom. The first-order valence-electron chi connectivity index (χ1n) is 20.4. The van der Waals surface area contributed by atoms with Gasteiger partial charge in [-0.25, -0.2) is 0 Å². The van der Waals surface area contributed by atoms with Crippen LogP contribution in [0.15, 0.2) is 116 Å². The van der Waals surface area contributed by atoms with Crippen molar-refractivity contribution in [2.45, 2.75) is 89.7 Å². The molecule has 358 valence electrons. The van der Waals surface area contributed by atoms with Crippen molar-refractivity contribution in [3.8, 4) is 0 Å². The molecule has 0 fully saturated rings. The minimum Gasteiger partial charge on any atom is -0.481 e. The first-order valence-corrected chi connectivity index (χ1v) is 26.2. The maximum Gasteiger partial charge on any atom is 0.303 e. The zero-order chi connectivity index (χ0) is 49.2. The SMILES string of the molecule is C=C(/C=C/C=C/C=C1/N(CCCCCC(=O)O)c2ccc3c(S(=O)(=O)O)cc(S(=O)(=O)O)cc3c2C1(C)CCOC)C(C)(CCOC)c1c(C)ccc2c(S(=O)(=O)O)cc(S(=O)(=O)O)cc12. The molecule has 4 aromatic carbocycles. The van der Waals surface area contributed by atoms with Gasteiger partial charge in [-0.1, -0.05) is 62.4 Å². The number of allylic oxidation sites excluding steroid dienone is 7. The average molecular weight is 992 g/mol. The molecule has 5 rings (SSSR count). The summed E-state index contributed by atoms with van der Waals surface area (Å²) in [4.78, 5) is 10.3. The number of aryl methyl sites for hydroxylation is 1. The lowest BCUT2D eigenvalue weighted by molar-refractivity contribution is -0.137. The Labute approximate surface area is 385 Å². The molecule has 0 saturated heterocycles. The second-order valence-corrected chi connectivity index (χ2v) is 22.1. The number of carboxylic acids is 1. The summed E-state index contributed by atoms with van der Waals surface area (Å²) in [7, 11) is -16.9. The molecule has 1 heterocycles. The molecule has 66 heavy (non-hydrogen) atoms. The van der Waals surface area contributed by atoms with Crippen molar-refractivity contribution in [1.29, 1.82) is 0 Å². The number of nitrogens with zero attached hydrogens (tertiary/aromatic N) is 1. The molecule has 0 aromatic heterocycles. The molecule has 0 radical (unpaired) electrons. The third-order valence-electron chi connectivity index (χ3n) is 12.1. The van der Waals surface area contributed by atoms with Crippen molar-refractivity contribution in [1.82, 2.24) is 0 Å². The summed E-state index contributed by atoms with van der Waals surface area (Å²) >= 11 is 0. The van der Waals surface area contributed by atoms with E-state index in [1.54, 1.807) is 43.4 Å². The van der Waals surface area contributed by atoms with E-state index in [1.807, 2.05) is 24.8 Å².